The molecule has 0 amide bonds. The van der Waals surface area contributed by atoms with Gasteiger partial charge in [0.05, 0.1) is 0 Å². The highest BCUT2D eigenvalue weighted by Crippen LogP contribution is 2.43. The first-order valence-electron chi connectivity index (χ1n) is 8.13. The fraction of sp³-hybridized carbons (Fsp3) is 0.273. The summed E-state index contributed by atoms with van der Waals surface area (Å²) in [5, 5.41) is 8.34. The summed E-state index contributed by atoms with van der Waals surface area (Å²) in [5.41, 5.74) is 1.73. The summed E-state index contributed by atoms with van der Waals surface area (Å²) in [7, 11) is 0. The van der Waals surface area contributed by atoms with Crippen molar-refractivity contribution in [2.24, 2.45) is 5.41 Å². The molecule has 22 heavy (non-hydrogen) atoms. The zero-order valence-corrected chi connectivity index (χ0v) is 13.8. The number of hydrogen-bond donors (Lipinski definition) is 0. The first kappa shape index (κ1) is 13.6. The molecule has 0 fully saturated rings. The second kappa shape index (κ2) is 4.46. The van der Waals surface area contributed by atoms with E-state index in [-0.39, 0.29) is 5.41 Å². The van der Waals surface area contributed by atoms with E-state index in [1.165, 1.54) is 37.9 Å². The average Bonchev–Trinajstić information content (AvgIpc) is 2.51. The van der Waals surface area contributed by atoms with E-state index < -0.39 is 0 Å². The third kappa shape index (κ3) is 1.83. The zero-order valence-electron chi connectivity index (χ0n) is 13.8. The maximum atomic E-state index is 2.42. The third-order valence-corrected chi connectivity index (χ3v) is 5.31. The molecule has 0 aliphatic carbocycles. The molecule has 0 spiro atoms. The van der Waals surface area contributed by atoms with Gasteiger partial charge in [0.2, 0.25) is 0 Å². The molecule has 1 unspecified atom stereocenters. The van der Waals surface area contributed by atoms with E-state index in [9.17, 15) is 0 Å². The Morgan fingerprint density at radius 1 is 0.727 bits per heavy atom. The lowest BCUT2D eigenvalue weighted by Crippen LogP contribution is -2.15. The second-order valence-corrected chi connectivity index (χ2v) is 7.60. The molecule has 4 aromatic rings. The van der Waals surface area contributed by atoms with E-state index in [4.69, 9.17) is 0 Å². The highest BCUT2D eigenvalue weighted by Gasteiger charge is 2.24. The van der Waals surface area contributed by atoms with Crippen molar-refractivity contribution in [2.45, 2.75) is 33.6 Å². The molecule has 110 valence electrons. The lowest BCUT2D eigenvalue weighted by Gasteiger charge is -2.29. The molecular weight excluding hydrogens is 264 g/mol. The van der Waals surface area contributed by atoms with E-state index in [0.29, 0.717) is 5.92 Å². The van der Waals surface area contributed by atoms with E-state index in [0.717, 1.165) is 0 Å². The van der Waals surface area contributed by atoms with Gasteiger partial charge in [0.15, 0.2) is 0 Å². The van der Waals surface area contributed by atoms with E-state index >= 15 is 0 Å². The third-order valence-electron chi connectivity index (χ3n) is 5.31. The molecule has 4 rings (SSSR count). The highest BCUT2D eigenvalue weighted by atomic mass is 14.3. The molecule has 0 radical (unpaired) electrons. The molecule has 0 aliphatic rings. The highest BCUT2D eigenvalue weighted by molar-refractivity contribution is 6.23. The Hall–Kier alpha value is -2.08. The van der Waals surface area contributed by atoms with Crippen molar-refractivity contribution in [1.29, 1.82) is 0 Å². The van der Waals surface area contributed by atoms with Gasteiger partial charge in [-0.15, -0.1) is 0 Å². The van der Waals surface area contributed by atoms with Crippen molar-refractivity contribution in [1.82, 2.24) is 0 Å². The van der Waals surface area contributed by atoms with Crippen LogP contribution in [0.4, 0.5) is 0 Å². The van der Waals surface area contributed by atoms with Crippen molar-refractivity contribution in [3.8, 4) is 0 Å². The topological polar surface area (TPSA) is 0 Å². The van der Waals surface area contributed by atoms with Gasteiger partial charge in [-0.25, -0.2) is 0 Å². The zero-order chi connectivity index (χ0) is 15.5. The van der Waals surface area contributed by atoms with Crippen LogP contribution in [0.1, 0.15) is 39.2 Å². The van der Waals surface area contributed by atoms with Crippen LogP contribution < -0.4 is 0 Å². The van der Waals surface area contributed by atoms with Crippen LogP contribution in [0, 0.1) is 5.41 Å². The summed E-state index contributed by atoms with van der Waals surface area (Å²) in [5.74, 6) is 0.515. The molecule has 0 bridgehead atoms. The lowest BCUT2D eigenvalue weighted by molar-refractivity contribution is 0.341. The Bertz CT molecular complexity index is 970. The summed E-state index contributed by atoms with van der Waals surface area (Å²) in [6, 6.07) is 20.3. The summed E-state index contributed by atoms with van der Waals surface area (Å²) in [6.45, 7) is 9.36. The first-order chi connectivity index (χ1) is 10.5. The molecule has 0 aliphatic heterocycles. The van der Waals surface area contributed by atoms with E-state index in [1.807, 2.05) is 0 Å². The fourth-order valence-corrected chi connectivity index (χ4v) is 3.61. The maximum Gasteiger partial charge on any atom is -0.00239 e. The normalized spacial score (nSPS) is 14.2. The monoisotopic (exact) mass is 286 g/mol. The van der Waals surface area contributed by atoms with Gasteiger partial charge < -0.3 is 0 Å². The van der Waals surface area contributed by atoms with Gasteiger partial charge in [0.25, 0.3) is 0 Å². The van der Waals surface area contributed by atoms with Crippen LogP contribution in [0.3, 0.4) is 0 Å². The number of rotatable bonds is 1. The fourth-order valence-electron chi connectivity index (χ4n) is 3.61. The molecule has 0 N–H and O–H groups in total. The first-order valence-corrected chi connectivity index (χ1v) is 8.13. The molecule has 4 aromatic carbocycles. The van der Waals surface area contributed by atoms with Gasteiger partial charge in [-0.3, -0.25) is 0 Å². The molecule has 0 heterocycles. The SMILES string of the molecule is CC(c1cc2cccc3ccc4cccc1c4c32)C(C)(C)C. The van der Waals surface area contributed by atoms with Crippen LogP contribution in [-0.4, -0.2) is 0 Å². The summed E-state index contributed by atoms with van der Waals surface area (Å²) < 4.78 is 0. The minimum Gasteiger partial charge on any atom is -0.0610 e. The summed E-state index contributed by atoms with van der Waals surface area (Å²) in [6.07, 6.45) is 0. The second-order valence-electron chi connectivity index (χ2n) is 7.60. The predicted octanol–water partition coefficient (Wildman–Crippen LogP) is 6.73. The number of hydrogen-bond acceptors (Lipinski definition) is 0. The van der Waals surface area contributed by atoms with Crippen molar-refractivity contribution in [2.75, 3.05) is 0 Å². The largest absolute Gasteiger partial charge is 0.0610 e. The van der Waals surface area contributed by atoms with Crippen molar-refractivity contribution < 1.29 is 0 Å². The Kier molecular flexibility index (Phi) is 2.75. The van der Waals surface area contributed by atoms with Crippen LogP contribution >= 0.6 is 0 Å². The Balaban J connectivity index is 2.22. The average molecular weight is 286 g/mol. The molecule has 0 nitrogen and oxygen atoms in total. The van der Waals surface area contributed by atoms with Gasteiger partial charge in [0, 0.05) is 0 Å². The Morgan fingerprint density at radius 3 is 2.00 bits per heavy atom. The quantitative estimate of drug-likeness (QED) is 0.340. The molecule has 1 atom stereocenters. The summed E-state index contributed by atoms with van der Waals surface area (Å²) >= 11 is 0. The van der Waals surface area contributed by atoms with Gasteiger partial charge in [-0.1, -0.05) is 82.3 Å². The van der Waals surface area contributed by atoms with E-state index in [2.05, 4.69) is 82.3 Å². The van der Waals surface area contributed by atoms with Gasteiger partial charge in [-0.2, -0.15) is 0 Å². The smallest absolute Gasteiger partial charge is 0.00239 e. The molecule has 0 heteroatoms. The molecule has 0 saturated carbocycles. The van der Waals surface area contributed by atoms with Crippen LogP contribution in [0.5, 0.6) is 0 Å². The minimum atomic E-state index is 0.258. The summed E-state index contributed by atoms with van der Waals surface area (Å²) in [4.78, 5) is 0. The van der Waals surface area contributed by atoms with Crippen molar-refractivity contribution in [3.05, 3.63) is 60.2 Å². The van der Waals surface area contributed by atoms with Crippen molar-refractivity contribution >= 4 is 32.3 Å². The van der Waals surface area contributed by atoms with Crippen molar-refractivity contribution in [3.63, 3.8) is 0 Å². The van der Waals surface area contributed by atoms with E-state index in [1.54, 1.807) is 0 Å². The Labute approximate surface area is 132 Å². The molecule has 0 aromatic heterocycles. The number of benzene rings is 4. The molecular formula is C22H22. The Morgan fingerprint density at radius 2 is 1.32 bits per heavy atom. The van der Waals surface area contributed by atoms with Crippen LogP contribution in [0.2, 0.25) is 0 Å². The van der Waals surface area contributed by atoms with Crippen LogP contribution in [-0.2, 0) is 0 Å². The van der Waals surface area contributed by atoms with Gasteiger partial charge >= 0.3 is 0 Å². The lowest BCUT2D eigenvalue weighted by atomic mass is 9.75. The standard InChI is InChI=1S/C22H22/c1-14(22(2,3)4)19-13-17-9-5-7-15-11-12-16-8-6-10-18(19)21(16)20(15)17/h5-14H,1-4H3. The maximum absolute atomic E-state index is 2.42. The van der Waals surface area contributed by atoms with Crippen LogP contribution in [0.25, 0.3) is 32.3 Å². The predicted molar refractivity (Wildman–Crippen MR) is 98.0 cm³/mol. The molecule has 0 saturated heterocycles. The van der Waals surface area contributed by atoms with Gasteiger partial charge in [0.1, 0.15) is 0 Å². The minimum absolute atomic E-state index is 0.258. The van der Waals surface area contributed by atoms with Gasteiger partial charge in [-0.05, 0) is 49.2 Å². The van der Waals surface area contributed by atoms with Crippen LogP contribution in [0.15, 0.2) is 54.6 Å².